The summed E-state index contributed by atoms with van der Waals surface area (Å²) in [5.41, 5.74) is 11.4. The van der Waals surface area contributed by atoms with Crippen molar-refractivity contribution < 1.29 is 19.1 Å². The second-order valence-corrected chi connectivity index (χ2v) is 6.40. The minimum atomic E-state index is -0.685. The zero-order chi connectivity index (χ0) is 20.7. The summed E-state index contributed by atoms with van der Waals surface area (Å²) in [6.45, 7) is 4.06. The van der Waals surface area contributed by atoms with Gasteiger partial charge in [-0.05, 0) is 12.8 Å². The Morgan fingerprint density at radius 1 is 1.28 bits per heavy atom. The number of ether oxygens (including phenoxy) is 2. The van der Waals surface area contributed by atoms with Gasteiger partial charge in [0.1, 0.15) is 6.04 Å². The number of H-pyrrole nitrogens is 1. The van der Waals surface area contributed by atoms with Gasteiger partial charge in [-0.15, -0.1) is 12.4 Å². The summed E-state index contributed by atoms with van der Waals surface area (Å²) in [4.78, 5) is 45.7. The number of aryl methyl sites for hydroxylation is 1. The molecule has 2 atom stereocenters. The maximum absolute atomic E-state index is 11.9. The third-order valence-corrected chi connectivity index (χ3v) is 4.24. The number of esters is 2. The van der Waals surface area contributed by atoms with Crippen molar-refractivity contribution in [2.45, 2.75) is 45.7 Å². The lowest BCUT2D eigenvalue weighted by atomic mass is 10.1. The highest BCUT2D eigenvalue weighted by Gasteiger charge is 2.19. The van der Waals surface area contributed by atoms with Gasteiger partial charge in [0.05, 0.1) is 19.5 Å². The second-order valence-electron chi connectivity index (χ2n) is 6.40. The molecule has 0 amide bonds. The van der Waals surface area contributed by atoms with E-state index in [9.17, 15) is 14.4 Å². The fourth-order valence-electron chi connectivity index (χ4n) is 2.46. The first kappa shape index (κ1) is 24.4. The smallest absolute Gasteiger partial charge is 0.322 e. The predicted octanol–water partition coefficient (Wildman–Crippen LogP) is 0.364. The van der Waals surface area contributed by atoms with Gasteiger partial charge in [-0.3, -0.25) is 19.4 Å². The first-order valence-electron chi connectivity index (χ1n) is 9.14. The van der Waals surface area contributed by atoms with Crippen LogP contribution in [-0.2, 0) is 25.6 Å². The minimum Gasteiger partial charge on any atom is -0.465 e. The number of rotatable bonds is 10. The van der Waals surface area contributed by atoms with E-state index >= 15 is 0 Å². The Bertz CT molecular complexity index is 883. The summed E-state index contributed by atoms with van der Waals surface area (Å²) in [6, 6.07) is -0.685. The van der Waals surface area contributed by atoms with Crippen LogP contribution in [-0.4, -0.2) is 50.7 Å². The third-order valence-electron chi connectivity index (χ3n) is 4.24. The average molecular weight is 431 g/mol. The van der Waals surface area contributed by atoms with E-state index in [0.717, 1.165) is 0 Å². The molecule has 11 nitrogen and oxygen atoms in total. The number of aromatic nitrogens is 4. The number of nitrogens with two attached hydrogens (primary N) is 2. The number of nitrogen functional groups attached to an aromatic ring is 1. The molecule has 1 unspecified atom stereocenters. The maximum Gasteiger partial charge on any atom is 0.322 e. The zero-order valence-corrected chi connectivity index (χ0v) is 17.2. The molecule has 162 valence electrons. The van der Waals surface area contributed by atoms with Crippen LogP contribution in [0.2, 0.25) is 0 Å². The molecule has 0 spiro atoms. The quantitative estimate of drug-likeness (QED) is 0.450. The van der Waals surface area contributed by atoms with Crippen molar-refractivity contribution in [3.63, 3.8) is 0 Å². The molecule has 5 N–H and O–H groups in total. The summed E-state index contributed by atoms with van der Waals surface area (Å²) >= 11 is 0. The van der Waals surface area contributed by atoms with Crippen LogP contribution in [0, 0.1) is 5.92 Å². The van der Waals surface area contributed by atoms with Crippen LogP contribution in [0.25, 0.3) is 11.2 Å². The van der Waals surface area contributed by atoms with E-state index in [-0.39, 0.29) is 55.4 Å². The third kappa shape index (κ3) is 6.71. The number of hydrogen-bond acceptors (Lipinski definition) is 9. The van der Waals surface area contributed by atoms with Gasteiger partial charge < -0.3 is 25.5 Å². The zero-order valence-electron chi connectivity index (χ0n) is 16.4. The van der Waals surface area contributed by atoms with Crippen LogP contribution in [0.3, 0.4) is 0 Å². The van der Waals surface area contributed by atoms with Crippen molar-refractivity contribution in [3.05, 3.63) is 16.7 Å². The number of aromatic amines is 1. The van der Waals surface area contributed by atoms with E-state index in [4.69, 9.17) is 20.9 Å². The summed E-state index contributed by atoms with van der Waals surface area (Å²) in [5, 5.41) is 0. The summed E-state index contributed by atoms with van der Waals surface area (Å²) in [6.07, 6.45) is 2.70. The molecule has 2 rings (SSSR count). The normalized spacial score (nSPS) is 12.8. The molecular weight excluding hydrogens is 404 g/mol. The van der Waals surface area contributed by atoms with E-state index < -0.39 is 17.6 Å². The molecule has 2 aromatic rings. The van der Waals surface area contributed by atoms with Crippen LogP contribution in [0.5, 0.6) is 0 Å². The number of halogens is 1. The highest BCUT2D eigenvalue weighted by molar-refractivity contribution is 5.85. The van der Waals surface area contributed by atoms with Crippen LogP contribution >= 0.6 is 12.4 Å². The van der Waals surface area contributed by atoms with Crippen molar-refractivity contribution in [1.82, 2.24) is 19.5 Å². The lowest BCUT2D eigenvalue weighted by molar-refractivity contribution is -0.150. The van der Waals surface area contributed by atoms with Gasteiger partial charge in [-0.2, -0.15) is 4.98 Å². The summed E-state index contributed by atoms with van der Waals surface area (Å²) in [7, 11) is 0. The fourth-order valence-corrected chi connectivity index (χ4v) is 2.46. The maximum atomic E-state index is 11.9. The highest BCUT2D eigenvalue weighted by atomic mass is 35.5. The number of nitrogens with one attached hydrogen (secondary N) is 1. The van der Waals surface area contributed by atoms with Crippen molar-refractivity contribution in [2.75, 3.05) is 18.9 Å². The van der Waals surface area contributed by atoms with E-state index in [1.807, 2.05) is 0 Å². The molecule has 2 heterocycles. The Morgan fingerprint density at radius 2 is 1.97 bits per heavy atom. The van der Waals surface area contributed by atoms with E-state index in [1.54, 1.807) is 18.4 Å². The average Bonchev–Trinajstić information content (AvgIpc) is 3.09. The number of fused-ring (bicyclic) bond motifs is 1. The minimum absolute atomic E-state index is 0. The van der Waals surface area contributed by atoms with Crippen LogP contribution in [0.1, 0.15) is 33.1 Å². The van der Waals surface area contributed by atoms with Crippen molar-refractivity contribution in [2.24, 2.45) is 11.7 Å². The summed E-state index contributed by atoms with van der Waals surface area (Å²) < 4.78 is 12.1. The van der Waals surface area contributed by atoms with Crippen LogP contribution < -0.4 is 17.0 Å². The van der Waals surface area contributed by atoms with Crippen LogP contribution in [0.15, 0.2) is 11.1 Å². The topological polar surface area (TPSA) is 168 Å². The highest BCUT2D eigenvalue weighted by Crippen LogP contribution is 2.12. The lowest BCUT2D eigenvalue weighted by Crippen LogP contribution is -2.33. The van der Waals surface area contributed by atoms with Crippen LogP contribution in [0.4, 0.5) is 5.95 Å². The largest absolute Gasteiger partial charge is 0.465 e. The number of carbonyl (C=O) groups is 2. The predicted molar refractivity (Wildman–Crippen MR) is 108 cm³/mol. The fraction of sp³-hybridized carbons (Fsp3) is 0.588. The SMILES string of the molecule is CCC(=O)OCC(CCn1cnc2c(=O)[nH]c(N)nc21)COC(=O)[C@@H](N)CC.Cl. The molecule has 0 bridgehead atoms. The van der Waals surface area contributed by atoms with E-state index in [1.165, 1.54) is 6.33 Å². The van der Waals surface area contributed by atoms with E-state index in [2.05, 4.69) is 15.0 Å². The molecule has 12 heteroatoms. The second kappa shape index (κ2) is 11.4. The Labute approximate surface area is 173 Å². The molecule has 0 aliphatic carbocycles. The van der Waals surface area contributed by atoms with Gasteiger partial charge >= 0.3 is 11.9 Å². The number of nitrogens with zero attached hydrogens (tertiary/aromatic N) is 3. The first-order valence-corrected chi connectivity index (χ1v) is 9.14. The van der Waals surface area contributed by atoms with E-state index in [0.29, 0.717) is 25.0 Å². The molecular formula is C17H27ClN6O5. The van der Waals surface area contributed by atoms with Crippen molar-refractivity contribution in [3.8, 4) is 0 Å². The van der Waals surface area contributed by atoms with Crippen molar-refractivity contribution in [1.29, 1.82) is 0 Å². The number of carbonyl (C=O) groups excluding carboxylic acids is 2. The van der Waals surface area contributed by atoms with Gasteiger partial charge in [0.25, 0.3) is 5.56 Å². The monoisotopic (exact) mass is 430 g/mol. The molecule has 2 aromatic heterocycles. The first-order chi connectivity index (χ1) is 13.3. The Kier molecular flexibility index (Phi) is 9.56. The van der Waals surface area contributed by atoms with Crippen molar-refractivity contribution >= 4 is 41.5 Å². The van der Waals surface area contributed by atoms with Gasteiger partial charge in [0.2, 0.25) is 5.95 Å². The molecule has 29 heavy (non-hydrogen) atoms. The van der Waals surface area contributed by atoms with Gasteiger partial charge in [-0.25, -0.2) is 4.98 Å². The Hall–Kier alpha value is -2.66. The number of imidazole rings is 1. The lowest BCUT2D eigenvalue weighted by Gasteiger charge is -2.18. The standard InChI is InChI=1S/C17H26N6O5.ClH/c1-3-11(18)16(26)28-8-10(7-27-12(24)4-2)5-6-23-9-20-13-14(23)21-17(19)22-15(13)25;/h9-11H,3-8,18H2,1-2H3,(H3,19,21,22,25);1H/t10?,11-;/m0./s1. The molecule has 0 saturated heterocycles. The Morgan fingerprint density at radius 3 is 2.62 bits per heavy atom. The molecule has 0 aliphatic rings. The van der Waals surface area contributed by atoms with Gasteiger partial charge in [0, 0.05) is 18.9 Å². The molecule has 0 aromatic carbocycles. The number of anilines is 1. The van der Waals surface area contributed by atoms with Gasteiger partial charge in [-0.1, -0.05) is 13.8 Å². The Balaban J connectivity index is 0.00000420. The molecule has 0 aliphatic heterocycles. The number of hydrogen-bond donors (Lipinski definition) is 3. The van der Waals surface area contributed by atoms with Gasteiger partial charge in [0.15, 0.2) is 11.2 Å². The molecule has 0 radical (unpaired) electrons. The molecule has 0 saturated carbocycles. The molecule has 0 fully saturated rings. The summed E-state index contributed by atoms with van der Waals surface area (Å²) in [5.74, 6) is -1.09.